The summed E-state index contributed by atoms with van der Waals surface area (Å²) in [4.78, 5) is 11.8. The minimum absolute atomic E-state index is 0.359. The van der Waals surface area contributed by atoms with Crippen molar-refractivity contribution in [2.75, 3.05) is 38.1 Å². The summed E-state index contributed by atoms with van der Waals surface area (Å²) in [5.41, 5.74) is 0. The van der Waals surface area contributed by atoms with Gasteiger partial charge >= 0.3 is 0 Å². The third-order valence-corrected chi connectivity index (χ3v) is 5.60. The van der Waals surface area contributed by atoms with Gasteiger partial charge in [-0.2, -0.15) is 0 Å². The van der Waals surface area contributed by atoms with Crippen LogP contribution in [0.5, 0.6) is 0 Å². The highest BCUT2D eigenvalue weighted by atomic mass is 33.1. The largest absolute Gasteiger partial charge is 0.370 e. The normalized spacial score (nSPS) is 11.0. The Labute approximate surface area is 175 Å². The minimum atomic E-state index is 0.359. The molecule has 4 nitrogen and oxygen atoms in total. The summed E-state index contributed by atoms with van der Waals surface area (Å²) in [7, 11) is 3.60. The molecule has 0 aliphatic rings. The number of hydrogen-bond acceptors (Lipinski definition) is 6. The van der Waals surface area contributed by atoms with Crippen LogP contribution in [0.1, 0.15) is 66.2 Å². The zero-order valence-electron chi connectivity index (χ0n) is 17.7. The van der Waals surface area contributed by atoms with Crippen LogP contribution in [0.15, 0.2) is 0 Å². The van der Waals surface area contributed by atoms with E-state index in [0.717, 1.165) is 50.5 Å². The molecule has 0 fully saturated rings. The van der Waals surface area contributed by atoms with E-state index in [1.54, 1.807) is 10.8 Å². The fourth-order valence-electron chi connectivity index (χ4n) is 2.12. The Morgan fingerprint density at radius 1 is 0.963 bits per heavy atom. The minimum Gasteiger partial charge on any atom is -0.370 e. The van der Waals surface area contributed by atoms with Crippen molar-refractivity contribution in [2.45, 2.75) is 72.3 Å². The number of carbonyl (C=O) groups is 1. The fraction of sp³-hybridized carbons (Fsp3) is 0.857. The molecule has 0 heterocycles. The molecule has 0 radical (unpaired) electrons. The lowest BCUT2D eigenvalue weighted by Crippen LogP contribution is -2.24. The molecule has 0 aliphatic carbocycles. The third kappa shape index (κ3) is 23.8. The summed E-state index contributed by atoms with van der Waals surface area (Å²) in [5, 5.41) is 3.39. The van der Waals surface area contributed by atoms with Crippen molar-refractivity contribution < 1.29 is 14.3 Å². The standard InChI is InChI=1S/C21H39NO3S2/c1-19(2)10-9-16-24-14-7-5-11-21(23)12-6-8-15-25-18-27-26-17-13-22-20(3)4/h19-20,22H,5-8,11-18H2,1-4H3. The molecule has 27 heavy (non-hydrogen) atoms. The first-order chi connectivity index (χ1) is 13.0. The van der Waals surface area contributed by atoms with Crippen LogP contribution < -0.4 is 5.32 Å². The molecule has 0 saturated heterocycles. The van der Waals surface area contributed by atoms with Crippen molar-refractivity contribution in [3.8, 4) is 11.8 Å². The van der Waals surface area contributed by atoms with E-state index in [-0.39, 0.29) is 0 Å². The Bertz CT molecular complexity index is 406. The summed E-state index contributed by atoms with van der Waals surface area (Å²) in [5.74, 6) is 8.63. The maximum atomic E-state index is 11.8. The number of nitrogens with one attached hydrogen (secondary N) is 1. The van der Waals surface area contributed by atoms with Crippen LogP contribution in [0, 0.1) is 17.8 Å². The maximum Gasteiger partial charge on any atom is 0.132 e. The number of rotatable bonds is 18. The van der Waals surface area contributed by atoms with Gasteiger partial charge in [0.2, 0.25) is 0 Å². The molecule has 0 unspecified atom stereocenters. The van der Waals surface area contributed by atoms with Crippen LogP contribution in [-0.4, -0.2) is 49.9 Å². The molecule has 0 amide bonds. The molecule has 0 bridgehead atoms. The third-order valence-electron chi connectivity index (χ3n) is 3.51. The lowest BCUT2D eigenvalue weighted by Gasteiger charge is -2.07. The van der Waals surface area contributed by atoms with Gasteiger partial charge in [-0.25, -0.2) is 0 Å². The first kappa shape index (κ1) is 26.8. The Hall–Kier alpha value is -0.190. The van der Waals surface area contributed by atoms with Gasteiger partial charge in [0.1, 0.15) is 18.3 Å². The Morgan fingerprint density at radius 2 is 1.63 bits per heavy atom. The number of carbonyl (C=O) groups excluding carboxylic acids is 1. The number of unbranched alkanes of at least 4 members (excludes halogenated alkanes) is 2. The second kappa shape index (κ2) is 20.5. The summed E-state index contributed by atoms with van der Waals surface area (Å²) < 4.78 is 11.0. The molecule has 0 aromatic rings. The van der Waals surface area contributed by atoms with Gasteiger partial charge in [0, 0.05) is 50.3 Å². The molecule has 0 rings (SSSR count). The van der Waals surface area contributed by atoms with Gasteiger partial charge < -0.3 is 14.8 Å². The molecule has 0 spiro atoms. The van der Waals surface area contributed by atoms with Gasteiger partial charge in [0.05, 0.1) is 0 Å². The predicted molar refractivity (Wildman–Crippen MR) is 120 cm³/mol. The van der Waals surface area contributed by atoms with Gasteiger partial charge in [-0.15, -0.1) is 0 Å². The van der Waals surface area contributed by atoms with Crippen LogP contribution in [0.2, 0.25) is 0 Å². The number of ketones is 1. The summed E-state index contributed by atoms with van der Waals surface area (Å²) >= 11 is 0. The van der Waals surface area contributed by atoms with Crippen molar-refractivity contribution in [3.63, 3.8) is 0 Å². The quantitative estimate of drug-likeness (QED) is 0.148. The second-order valence-corrected chi connectivity index (χ2v) is 9.59. The van der Waals surface area contributed by atoms with Crippen LogP contribution in [0.3, 0.4) is 0 Å². The zero-order chi connectivity index (χ0) is 20.2. The number of ether oxygens (including phenoxy) is 2. The van der Waals surface area contributed by atoms with Crippen molar-refractivity contribution in [1.82, 2.24) is 5.32 Å². The lowest BCUT2D eigenvalue weighted by atomic mass is 10.1. The predicted octanol–water partition coefficient (Wildman–Crippen LogP) is 4.93. The Balaban J connectivity index is 3.23. The highest BCUT2D eigenvalue weighted by Gasteiger charge is 2.02. The molecule has 0 atom stereocenters. The van der Waals surface area contributed by atoms with Gasteiger partial charge in [0.15, 0.2) is 0 Å². The lowest BCUT2D eigenvalue weighted by molar-refractivity contribution is -0.119. The van der Waals surface area contributed by atoms with Gasteiger partial charge in [0.25, 0.3) is 0 Å². The van der Waals surface area contributed by atoms with E-state index < -0.39 is 0 Å². The fourth-order valence-corrected chi connectivity index (χ4v) is 3.71. The molecule has 0 saturated carbocycles. The monoisotopic (exact) mass is 417 g/mol. The van der Waals surface area contributed by atoms with E-state index >= 15 is 0 Å². The number of Topliss-reactive ketones (excluding diaryl/α,β-unsaturated/α-hetero) is 1. The van der Waals surface area contributed by atoms with Gasteiger partial charge in [-0.3, -0.25) is 4.79 Å². The van der Waals surface area contributed by atoms with E-state index in [1.807, 2.05) is 10.8 Å². The number of hydrogen-bond donors (Lipinski definition) is 1. The van der Waals surface area contributed by atoms with Crippen molar-refractivity contribution in [1.29, 1.82) is 0 Å². The topological polar surface area (TPSA) is 47.6 Å². The Morgan fingerprint density at radius 3 is 2.26 bits per heavy atom. The van der Waals surface area contributed by atoms with E-state index in [0.29, 0.717) is 43.8 Å². The summed E-state index contributed by atoms with van der Waals surface area (Å²) in [6.45, 7) is 11.4. The highest BCUT2D eigenvalue weighted by Crippen LogP contribution is 2.20. The molecule has 158 valence electrons. The first-order valence-electron chi connectivity index (χ1n) is 10.2. The van der Waals surface area contributed by atoms with Crippen LogP contribution >= 0.6 is 21.6 Å². The Kier molecular flexibility index (Phi) is 20.4. The first-order valence-corrected chi connectivity index (χ1v) is 12.6. The van der Waals surface area contributed by atoms with Crippen LogP contribution in [0.25, 0.3) is 0 Å². The summed E-state index contributed by atoms with van der Waals surface area (Å²) in [6, 6.07) is 0.553. The van der Waals surface area contributed by atoms with Crippen molar-refractivity contribution >= 4 is 27.4 Å². The van der Waals surface area contributed by atoms with Gasteiger partial charge in [-0.05, 0) is 25.7 Å². The average molecular weight is 418 g/mol. The van der Waals surface area contributed by atoms with Crippen molar-refractivity contribution in [2.24, 2.45) is 5.92 Å². The zero-order valence-corrected chi connectivity index (χ0v) is 19.3. The van der Waals surface area contributed by atoms with E-state index in [4.69, 9.17) is 9.47 Å². The van der Waals surface area contributed by atoms with E-state index in [2.05, 4.69) is 44.9 Å². The van der Waals surface area contributed by atoms with Gasteiger partial charge in [-0.1, -0.05) is 61.1 Å². The van der Waals surface area contributed by atoms with E-state index in [1.165, 1.54) is 0 Å². The smallest absolute Gasteiger partial charge is 0.132 e. The maximum absolute atomic E-state index is 11.8. The SMILES string of the molecule is CC(C)C#CCOCCCCC(=O)CCCCOCSSCCNC(C)C. The van der Waals surface area contributed by atoms with Crippen molar-refractivity contribution in [3.05, 3.63) is 0 Å². The highest BCUT2D eigenvalue weighted by molar-refractivity contribution is 8.76. The second-order valence-electron chi connectivity index (χ2n) is 7.06. The summed E-state index contributed by atoms with van der Waals surface area (Å²) in [6.07, 6.45) is 5.07. The molecule has 0 aromatic heterocycles. The molecular formula is C21H39NO3S2. The van der Waals surface area contributed by atoms with Crippen LogP contribution in [-0.2, 0) is 14.3 Å². The molecular weight excluding hydrogens is 378 g/mol. The molecule has 6 heteroatoms. The molecule has 0 aromatic carbocycles. The van der Waals surface area contributed by atoms with E-state index in [9.17, 15) is 4.79 Å². The molecule has 0 aliphatic heterocycles. The average Bonchev–Trinajstić information content (AvgIpc) is 2.61. The molecule has 1 N–H and O–H groups in total. The van der Waals surface area contributed by atoms with Crippen LogP contribution in [0.4, 0.5) is 0 Å².